The van der Waals surface area contributed by atoms with Crippen LogP contribution >= 0.6 is 0 Å². The summed E-state index contributed by atoms with van der Waals surface area (Å²) in [7, 11) is 3.07. The number of carbonyl (C=O) groups excluding carboxylic acids is 1. The zero-order valence-electron chi connectivity index (χ0n) is 17.5. The number of rotatable bonds is 8. The first kappa shape index (κ1) is 21.6. The normalized spacial score (nSPS) is 10.7. The fourth-order valence-electron chi connectivity index (χ4n) is 2.71. The van der Waals surface area contributed by atoms with E-state index < -0.39 is 5.97 Å². The van der Waals surface area contributed by atoms with Gasteiger partial charge in [0.05, 0.1) is 14.2 Å². The van der Waals surface area contributed by atoms with Crippen molar-refractivity contribution in [2.75, 3.05) is 25.3 Å². The molecule has 0 spiro atoms. The number of nitrogens with zero attached hydrogens (tertiary/aromatic N) is 3. The lowest BCUT2D eigenvalue weighted by Gasteiger charge is -2.09. The van der Waals surface area contributed by atoms with E-state index >= 15 is 0 Å². The summed E-state index contributed by atoms with van der Waals surface area (Å²) >= 11 is 0. The molecule has 0 saturated heterocycles. The summed E-state index contributed by atoms with van der Waals surface area (Å²) in [6.07, 6.45) is 2.86. The van der Waals surface area contributed by atoms with Gasteiger partial charge in [-0.15, -0.1) is 0 Å². The molecule has 0 amide bonds. The van der Waals surface area contributed by atoms with E-state index in [1.54, 1.807) is 31.4 Å². The Kier molecular flexibility index (Phi) is 7.00. The lowest BCUT2D eigenvalue weighted by Crippen LogP contribution is -2.10. The third-order valence-electron chi connectivity index (χ3n) is 4.18. The van der Waals surface area contributed by atoms with E-state index in [0.717, 1.165) is 11.3 Å². The third-order valence-corrected chi connectivity index (χ3v) is 4.18. The minimum Gasteiger partial charge on any atom is -0.493 e. The smallest absolute Gasteiger partial charge is 0.331 e. The molecule has 1 heterocycles. The first-order valence-corrected chi connectivity index (χ1v) is 9.38. The molecule has 2 aromatic carbocycles. The van der Waals surface area contributed by atoms with Crippen molar-refractivity contribution >= 4 is 29.6 Å². The number of carbonyl (C=O) groups is 1. The molecule has 3 aromatic rings. The van der Waals surface area contributed by atoms with E-state index in [0.29, 0.717) is 17.1 Å². The molecule has 0 fully saturated rings. The lowest BCUT2D eigenvalue weighted by molar-refractivity contribution is -0.139. The maximum atomic E-state index is 12.1. The number of esters is 1. The van der Waals surface area contributed by atoms with Crippen molar-refractivity contribution in [1.82, 2.24) is 15.0 Å². The highest BCUT2D eigenvalue weighted by molar-refractivity contribution is 5.87. The van der Waals surface area contributed by atoms with Crippen LogP contribution in [-0.2, 0) is 16.1 Å². The monoisotopic (exact) mass is 421 g/mol. The number of aryl methyl sites for hydroxylation is 1. The number of anilines is 3. The molecule has 0 bridgehead atoms. The van der Waals surface area contributed by atoms with Crippen LogP contribution in [0.2, 0.25) is 0 Å². The number of hydrogen-bond donors (Lipinski definition) is 2. The van der Waals surface area contributed by atoms with Gasteiger partial charge in [-0.1, -0.05) is 29.8 Å². The van der Waals surface area contributed by atoms with Gasteiger partial charge in [0.25, 0.3) is 0 Å². The van der Waals surface area contributed by atoms with Crippen molar-refractivity contribution in [3.05, 3.63) is 65.5 Å². The molecule has 3 N–H and O–H groups in total. The fraction of sp³-hybridized carbons (Fsp3) is 0.182. The SMILES string of the molecule is COc1cccc(/C=C/C(=O)OCc2nc(N)nc(Nc3ccc(C)cc3)n2)c1OC. The van der Waals surface area contributed by atoms with E-state index in [9.17, 15) is 4.79 Å². The number of aromatic nitrogens is 3. The summed E-state index contributed by atoms with van der Waals surface area (Å²) in [5.41, 5.74) is 8.36. The Morgan fingerprint density at radius 2 is 1.84 bits per heavy atom. The second-order valence-electron chi connectivity index (χ2n) is 6.45. The van der Waals surface area contributed by atoms with Gasteiger partial charge < -0.3 is 25.3 Å². The average molecular weight is 421 g/mol. The topological polar surface area (TPSA) is 121 Å². The molecule has 160 valence electrons. The number of hydrogen-bond acceptors (Lipinski definition) is 9. The molecule has 0 aliphatic heterocycles. The van der Waals surface area contributed by atoms with Crippen LogP contribution < -0.4 is 20.5 Å². The fourth-order valence-corrected chi connectivity index (χ4v) is 2.71. The van der Waals surface area contributed by atoms with Crippen LogP contribution in [0.5, 0.6) is 11.5 Å². The molecular formula is C22H23N5O4. The molecule has 0 radical (unpaired) electrons. The van der Waals surface area contributed by atoms with Crippen molar-refractivity contribution in [3.63, 3.8) is 0 Å². The number of methoxy groups -OCH3 is 2. The van der Waals surface area contributed by atoms with E-state index in [1.165, 1.54) is 13.2 Å². The minimum atomic E-state index is -0.572. The van der Waals surface area contributed by atoms with Gasteiger partial charge in [-0.25, -0.2) is 4.79 Å². The maximum absolute atomic E-state index is 12.1. The minimum absolute atomic E-state index is 0.0207. The summed E-state index contributed by atoms with van der Waals surface area (Å²) in [5.74, 6) is 1.02. The zero-order chi connectivity index (χ0) is 22.2. The number of nitrogens with two attached hydrogens (primary N) is 1. The van der Waals surface area contributed by atoms with Gasteiger partial charge in [-0.3, -0.25) is 0 Å². The summed E-state index contributed by atoms with van der Waals surface area (Å²) in [5, 5.41) is 3.05. The van der Waals surface area contributed by atoms with Gasteiger partial charge >= 0.3 is 5.97 Å². The summed E-state index contributed by atoms with van der Waals surface area (Å²) in [4.78, 5) is 24.4. The quantitative estimate of drug-likeness (QED) is 0.417. The van der Waals surface area contributed by atoms with Crippen LogP contribution in [0, 0.1) is 6.92 Å². The second kappa shape index (κ2) is 10.1. The predicted molar refractivity (Wildman–Crippen MR) is 117 cm³/mol. The molecular weight excluding hydrogens is 398 g/mol. The van der Waals surface area contributed by atoms with Crippen LogP contribution in [0.3, 0.4) is 0 Å². The van der Waals surface area contributed by atoms with Crippen molar-refractivity contribution in [3.8, 4) is 11.5 Å². The van der Waals surface area contributed by atoms with Gasteiger partial charge in [0, 0.05) is 17.3 Å². The van der Waals surface area contributed by atoms with Gasteiger partial charge in [0.15, 0.2) is 23.9 Å². The number of nitrogens with one attached hydrogen (secondary N) is 1. The Morgan fingerprint density at radius 3 is 2.55 bits per heavy atom. The molecule has 0 aliphatic rings. The third kappa shape index (κ3) is 5.92. The summed E-state index contributed by atoms with van der Waals surface area (Å²) in [6, 6.07) is 13.1. The van der Waals surface area contributed by atoms with E-state index in [1.807, 2.05) is 31.2 Å². The molecule has 9 nitrogen and oxygen atoms in total. The van der Waals surface area contributed by atoms with Gasteiger partial charge in [0.1, 0.15) is 0 Å². The summed E-state index contributed by atoms with van der Waals surface area (Å²) in [6.45, 7) is 1.84. The van der Waals surface area contributed by atoms with Crippen LogP contribution in [0.25, 0.3) is 6.08 Å². The van der Waals surface area contributed by atoms with Gasteiger partial charge in [-0.2, -0.15) is 15.0 Å². The Morgan fingerprint density at radius 1 is 1.06 bits per heavy atom. The molecule has 31 heavy (non-hydrogen) atoms. The van der Waals surface area contributed by atoms with E-state index in [4.69, 9.17) is 19.9 Å². The summed E-state index contributed by atoms with van der Waals surface area (Å²) < 4.78 is 15.8. The Hall–Kier alpha value is -4.14. The average Bonchev–Trinajstić information content (AvgIpc) is 2.77. The van der Waals surface area contributed by atoms with Crippen molar-refractivity contribution in [2.45, 2.75) is 13.5 Å². The second-order valence-corrected chi connectivity index (χ2v) is 6.45. The zero-order valence-corrected chi connectivity index (χ0v) is 17.5. The Bertz CT molecular complexity index is 1080. The molecule has 3 rings (SSSR count). The van der Waals surface area contributed by atoms with Crippen LogP contribution in [0.1, 0.15) is 17.0 Å². The number of para-hydroxylation sites is 1. The van der Waals surface area contributed by atoms with Gasteiger partial charge in [-0.05, 0) is 31.2 Å². The molecule has 0 atom stereocenters. The number of ether oxygens (including phenoxy) is 3. The molecule has 0 saturated carbocycles. The van der Waals surface area contributed by atoms with E-state index in [-0.39, 0.29) is 24.3 Å². The first-order valence-electron chi connectivity index (χ1n) is 9.38. The molecule has 9 heteroatoms. The van der Waals surface area contributed by atoms with Crippen molar-refractivity contribution in [2.24, 2.45) is 0 Å². The number of nitrogen functional groups attached to an aromatic ring is 1. The maximum Gasteiger partial charge on any atom is 0.331 e. The molecule has 1 aromatic heterocycles. The first-order chi connectivity index (χ1) is 15.0. The van der Waals surface area contributed by atoms with Crippen molar-refractivity contribution in [1.29, 1.82) is 0 Å². The van der Waals surface area contributed by atoms with Crippen LogP contribution in [0.4, 0.5) is 17.6 Å². The Labute approximate surface area is 179 Å². The molecule has 0 unspecified atom stereocenters. The van der Waals surface area contributed by atoms with Crippen LogP contribution in [0.15, 0.2) is 48.5 Å². The highest BCUT2D eigenvalue weighted by Crippen LogP contribution is 2.31. The Balaban J connectivity index is 1.64. The van der Waals surface area contributed by atoms with Crippen LogP contribution in [-0.4, -0.2) is 35.1 Å². The predicted octanol–water partition coefficient (Wildman–Crippen LogP) is 3.28. The highest BCUT2D eigenvalue weighted by atomic mass is 16.5. The lowest BCUT2D eigenvalue weighted by atomic mass is 10.1. The standard InChI is InChI=1S/C22H23N5O4/c1-14-7-10-16(11-8-14)24-22-26-18(25-21(23)27-22)13-31-19(28)12-9-15-5-4-6-17(29-2)20(15)30-3/h4-12H,13H2,1-3H3,(H3,23,24,25,26,27)/b12-9+. The molecule has 0 aliphatic carbocycles. The van der Waals surface area contributed by atoms with E-state index in [2.05, 4.69) is 20.3 Å². The van der Waals surface area contributed by atoms with Crippen molar-refractivity contribution < 1.29 is 19.0 Å². The number of benzene rings is 2. The highest BCUT2D eigenvalue weighted by Gasteiger charge is 2.09. The largest absolute Gasteiger partial charge is 0.493 e. The van der Waals surface area contributed by atoms with Gasteiger partial charge in [0.2, 0.25) is 11.9 Å².